The molecule has 2 aromatic rings. The number of carbonyl (C=O) groups is 3. The summed E-state index contributed by atoms with van der Waals surface area (Å²) in [6.45, 7) is 1.19. The molecule has 8 nitrogen and oxygen atoms in total. The Kier molecular flexibility index (Phi) is 6.62. The minimum atomic E-state index is -0.880. The van der Waals surface area contributed by atoms with Crippen molar-refractivity contribution in [2.75, 3.05) is 11.9 Å². The maximum Gasteiger partial charge on any atom is 0.338 e. The highest BCUT2D eigenvalue weighted by molar-refractivity contribution is 6.32. The molecular formula is C18H15ClN2O6. The van der Waals surface area contributed by atoms with Gasteiger partial charge in [-0.2, -0.15) is 0 Å². The molecule has 0 radical (unpaired) electrons. The van der Waals surface area contributed by atoms with Crippen molar-refractivity contribution in [3.05, 3.63) is 68.7 Å². The molecule has 0 fully saturated rings. The molecule has 0 heterocycles. The van der Waals surface area contributed by atoms with E-state index in [1.165, 1.54) is 24.3 Å². The number of anilines is 1. The third-order valence-corrected chi connectivity index (χ3v) is 3.84. The highest BCUT2D eigenvalue weighted by atomic mass is 35.5. The number of amides is 1. The Labute approximate surface area is 159 Å². The molecule has 0 bridgehead atoms. The van der Waals surface area contributed by atoms with Gasteiger partial charge in [0, 0.05) is 23.7 Å². The van der Waals surface area contributed by atoms with Gasteiger partial charge in [0.15, 0.2) is 12.4 Å². The van der Waals surface area contributed by atoms with Crippen LogP contribution < -0.4 is 5.32 Å². The number of nitro benzene ring substituents is 1. The molecule has 2 aromatic carbocycles. The first kappa shape index (κ1) is 20.1. The van der Waals surface area contributed by atoms with Gasteiger partial charge in [0.05, 0.1) is 10.5 Å². The molecule has 1 amide bonds. The second-order valence-corrected chi connectivity index (χ2v) is 5.81. The SMILES string of the molecule is CCC(=O)Nc1ccc(C(=O)COC(=O)c2ccc(Cl)c([N+](=O)[O-])c2)cc1. The van der Waals surface area contributed by atoms with E-state index < -0.39 is 29.0 Å². The van der Waals surface area contributed by atoms with Gasteiger partial charge in [-0.25, -0.2) is 4.79 Å². The van der Waals surface area contributed by atoms with E-state index in [2.05, 4.69) is 5.32 Å². The lowest BCUT2D eigenvalue weighted by Gasteiger charge is -2.07. The van der Waals surface area contributed by atoms with Crippen LogP contribution in [0.2, 0.25) is 5.02 Å². The zero-order chi connectivity index (χ0) is 20.0. The van der Waals surface area contributed by atoms with Gasteiger partial charge in [-0.05, 0) is 36.4 Å². The van der Waals surface area contributed by atoms with Gasteiger partial charge < -0.3 is 10.1 Å². The highest BCUT2D eigenvalue weighted by Gasteiger charge is 2.18. The molecule has 0 aliphatic heterocycles. The number of esters is 1. The van der Waals surface area contributed by atoms with Gasteiger partial charge in [0.1, 0.15) is 5.02 Å². The number of nitro groups is 1. The Morgan fingerprint density at radius 1 is 1.11 bits per heavy atom. The number of Topliss-reactive ketones (excluding diaryl/α,β-unsaturated/α-hetero) is 1. The van der Waals surface area contributed by atoms with E-state index in [1.807, 2.05) is 0 Å². The van der Waals surface area contributed by atoms with E-state index in [0.29, 0.717) is 17.7 Å². The number of rotatable bonds is 7. The molecule has 140 valence electrons. The lowest BCUT2D eigenvalue weighted by Crippen LogP contribution is -2.15. The van der Waals surface area contributed by atoms with Crippen LogP contribution in [0, 0.1) is 10.1 Å². The molecule has 0 aliphatic rings. The average molecular weight is 391 g/mol. The summed E-state index contributed by atoms with van der Waals surface area (Å²) in [6.07, 6.45) is 0.333. The topological polar surface area (TPSA) is 116 Å². The lowest BCUT2D eigenvalue weighted by molar-refractivity contribution is -0.384. The van der Waals surface area contributed by atoms with E-state index in [1.54, 1.807) is 19.1 Å². The van der Waals surface area contributed by atoms with Crippen LogP contribution in [0.15, 0.2) is 42.5 Å². The zero-order valence-electron chi connectivity index (χ0n) is 14.2. The number of halogens is 1. The summed E-state index contributed by atoms with van der Waals surface area (Å²) in [5.74, 6) is -1.49. The van der Waals surface area contributed by atoms with E-state index >= 15 is 0 Å². The Bertz CT molecular complexity index is 895. The van der Waals surface area contributed by atoms with Gasteiger partial charge in [0.25, 0.3) is 5.69 Å². The Morgan fingerprint density at radius 2 is 1.74 bits per heavy atom. The van der Waals surface area contributed by atoms with Crippen LogP contribution >= 0.6 is 11.6 Å². The molecule has 0 saturated carbocycles. The number of ketones is 1. The van der Waals surface area contributed by atoms with E-state index in [9.17, 15) is 24.5 Å². The predicted molar refractivity (Wildman–Crippen MR) is 98.1 cm³/mol. The summed E-state index contributed by atoms with van der Waals surface area (Å²) in [6, 6.07) is 9.58. The Balaban J connectivity index is 1.99. The van der Waals surface area contributed by atoms with Crippen molar-refractivity contribution >= 4 is 40.6 Å². The quantitative estimate of drug-likeness (QED) is 0.334. The summed E-state index contributed by atoms with van der Waals surface area (Å²) >= 11 is 5.68. The summed E-state index contributed by atoms with van der Waals surface area (Å²) in [5, 5.41) is 13.4. The van der Waals surface area contributed by atoms with Crippen molar-refractivity contribution in [3.63, 3.8) is 0 Å². The predicted octanol–water partition coefficient (Wildman–Crippen LogP) is 3.64. The van der Waals surface area contributed by atoms with Gasteiger partial charge in [-0.1, -0.05) is 18.5 Å². The maximum absolute atomic E-state index is 12.1. The standard InChI is InChI=1S/C18H15ClN2O6/c1-2-17(23)20-13-6-3-11(4-7-13)16(22)10-27-18(24)12-5-8-14(19)15(9-12)21(25)26/h3-9H,2,10H2,1H3,(H,20,23). The number of nitrogens with one attached hydrogen (secondary N) is 1. The summed E-state index contributed by atoms with van der Waals surface area (Å²) in [5.41, 5.74) is 0.321. The first-order valence-electron chi connectivity index (χ1n) is 7.86. The largest absolute Gasteiger partial charge is 0.454 e. The number of ether oxygens (including phenoxy) is 1. The smallest absolute Gasteiger partial charge is 0.338 e. The van der Waals surface area contributed by atoms with Crippen molar-refractivity contribution in [1.29, 1.82) is 0 Å². The van der Waals surface area contributed by atoms with Gasteiger partial charge in [0.2, 0.25) is 5.91 Å². The average Bonchev–Trinajstić information content (AvgIpc) is 2.66. The van der Waals surface area contributed by atoms with Crippen LogP contribution in [0.3, 0.4) is 0 Å². The van der Waals surface area contributed by atoms with Crippen molar-refractivity contribution < 1.29 is 24.0 Å². The van der Waals surface area contributed by atoms with Crippen molar-refractivity contribution in [2.45, 2.75) is 13.3 Å². The van der Waals surface area contributed by atoms with Crippen LogP contribution in [-0.2, 0) is 9.53 Å². The third-order valence-electron chi connectivity index (χ3n) is 3.52. The van der Waals surface area contributed by atoms with Crippen LogP contribution in [0.25, 0.3) is 0 Å². The molecule has 9 heteroatoms. The van der Waals surface area contributed by atoms with Crippen molar-refractivity contribution in [1.82, 2.24) is 0 Å². The first-order chi connectivity index (χ1) is 12.8. The summed E-state index contributed by atoms with van der Waals surface area (Å²) in [4.78, 5) is 45.5. The van der Waals surface area contributed by atoms with Gasteiger partial charge in [-0.15, -0.1) is 0 Å². The molecule has 0 aromatic heterocycles. The monoisotopic (exact) mass is 390 g/mol. The van der Waals surface area contributed by atoms with E-state index in [0.717, 1.165) is 6.07 Å². The molecule has 27 heavy (non-hydrogen) atoms. The second kappa shape index (κ2) is 8.91. The molecular weight excluding hydrogens is 376 g/mol. The first-order valence-corrected chi connectivity index (χ1v) is 8.23. The van der Waals surface area contributed by atoms with Gasteiger partial charge in [-0.3, -0.25) is 19.7 Å². The number of hydrogen-bond donors (Lipinski definition) is 1. The maximum atomic E-state index is 12.1. The molecule has 0 unspecified atom stereocenters. The third kappa shape index (κ3) is 5.35. The van der Waals surface area contributed by atoms with Crippen LogP contribution in [0.4, 0.5) is 11.4 Å². The molecule has 0 spiro atoms. The number of hydrogen-bond acceptors (Lipinski definition) is 6. The normalized spacial score (nSPS) is 10.1. The zero-order valence-corrected chi connectivity index (χ0v) is 15.0. The van der Waals surface area contributed by atoms with Gasteiger partial charge >= 0.3 is 5.97 Å². The summed E-state index contributed by atoms with van der Waals surface area (Å²) in [7, 11) is 0. The fourth-order valence-electron chi connectivity index (χ4n) is 2.07. The van der Waals surface area contributed by atoms with Crippen LogP contribution in [0.5, 0.6) is 0 Å². The van der Waals surface area contributed by atoms with Crippen LogP contribution in [0.1, 0.15) is 34.1 Å². The molecule has 2 rings (SSSR count). The lowest BCUT2D eigenvalue weighted by atomic mass is 10.1. The summed E-state index contributed by atoms with van der Waals surface area (Å²) < 4.78 is 4.91. The van der Waals surface area contributed by atoms with Crippen molar-refractivity contribution in [3.8, 4) is 0 Å². The van der Waals surface area contributed by atoms with E-state index in [-0.39, 0.29) is 16.5 Å². The number of carbonyl (C=O) groups excluding carboxylic acids is 3. The molecule has 0 atom stereocenters. The van der Waals surface area contributed by atoms with E-state index in [4.69, 9.17) is 16.3 Å². The number of nitrogens with zero attached hydrogens (tertiary/aromatic N) is 1. The second-order valence-electron chi connectivity index (χ2n) is 5.40. The fourth-order valence-corrected chi connectivity index (χ4v) is 2.25. The minimum absolute atomic E-state index is 0.0866. The minimum Gasteiger partial charge on any atom is -0.454 e. The highest BCUT2D eigenvalue weighted by Crippen LogP contribution is 2.25. The Morgan fingerprint density at radius 3 is 2.33 bits per heavy atom. The fraction of sp³-hybridized carbons (Fsp3) is 0.167. The van der Waals surface area contributed by atoms with Crippen LogP contribution in [-0.4, -0.2) is 29.2 Å². The Hall–Kier alpha value is -3.26. The number of benzene rings is 2. The molecule has 1 N–H and O–H groups in total. The van der Waals surface area contributed by atoms with Crippen molar-refractivity contribution in [2.24, 2.45) is 0 Å². The molecule has 0 saturated heterocycles. The molecule has 0 aliphatic carbocycles.